The molecule has 1 unspecified atom stereocenters. The van der Waals surface area contributed by atoms with Crippen LogP contribution in [0.25, 0.3) is 0 Å². The molecule has 0 amide bonds. The van der Waals surface area contributed by atoms with Crippen LogP contribution in [-0.4, -0.2) is 6.18 Å². The fourth-order valence-corrected chi connectivity index (χ4v) is 1.25. The van der Waals surface area contributed by atoms with E-state index in [9.17, 15) is 13.2 Å². The third-order valence-electron chi connectivity index (χ3n) is 2.11. The van der Waals surface area contributed by atoms with Gasteiger partial charge in [0.25, 0.3) is 0 Å². The highest BCUT2D eigenvalue weighted by atomic mass is 19.4. The molecule has 0 aromatic rings. The standard InChI is InChI=1S/C10H17F3/c1-4-9(10(11,12)13)7-5-6-8(2)3/h9H,2,4-7H2,1,3H3. The van der Waals surface area contributed by atoms with Crippen molar-refractivity contribution in [3.8, 4) is 0 Å². The molecule has 0 saturated carbocycles. The molecule has 0 aromatic carbocycles. The molecule has 0 heterocycles. The zero-order valence-corrected chi connectivity index (χ0v) is 8.25. The van der Waals surface area contributed by atoms with Crippen LogP contribution in [0.15, 0.2) is 12.2 Å². The molecule has 78 valence electrons. The van der Waals surface area contributed by atoms with E-state index in [0.29, 0.717) is 12.8 Å². The topological polar surface area (TPSA) is 0 Å². The van der Waals surface area contributed by atoms with E-state index in [0.717, 1.165) is 5.57 Å². The van der Waals surface area contributed by atoms with Gasteiger partial charge in [-0.15, -0.1) is 6.58 Å². The Morgan fingerprint density at radius 2 is 1.92 bits per heavy atom. The van der Waals surface area contributed by atoms with Crippen LogP contribution in [0.2, 0.25) is 0 Å². The fraction of sp³-hybridized carbons (Fsp3) is 0.800. The van der Waals surface area contributed by atoms with Crippen molar-refractivity contribution in [1.29, 1.82) is 0 Å². The van der Waals surface area contributed by atoms with E-state index in [1.807, 2.05) is 6.92 Å². The Hall–Kier alpha value is -0.470. The van der Waals surface area contributed by atoms with Gasteiger partial charge < -0.3 is 0 Å². The van der Waals surface area contributed by atoms with Gasteiger partial charge >= 0.3 is 6.18 Å². The summed E-state index contributed by atoms with van der Waals surface area (Å²) in [5, 5.41) is 0. The maximum Gasteiger partial charge on any atom is 0.391 e. The molecule has 0 fully saturated rings. The van der Waals surface area contributed by atoms with Crippen LogP contribution >= 0.6 is 0 Å². The maximum atomic E-state index is 12.2. The minimum atomic E-state index is -4.02. The summed E-state index contributed by atoms with van der Waals surface area (Å²) >= 11 is 0. The second-order valence-corrected chi connectivity index (χ2v) is 3.50. The highest BCUT2D eigenvalue weighted by Crippen LogP contribution is 2.32. The van der Waals surface area contributed by atoms with Crippen LogP contribution in [0.1, 0.15) is 39.5 Å². The molecule has 0 nitrogen and oxygen atoms in total. The van der Waals surface area contributed by atoms with E-state index in [4.69, 9.17) is 0 Å². The van der Waals surface area contributed by atoms with Crippen molar-refractivity contribution in [2.45, 2.75) is 45.7 Å². The summed E-state index contributed by atoms with van der Waals surface area (Å²) in [5.41, 5.74) is 0.956. The molecule has 0 spiro atoms. The summed E-state index contributed by atoms with van der Waals surface area (Å²) in [6.07, 6.45) is -2.32. The molecule has 0 aromatic heterocycles. The lowest BCUT2D eigenvalue weighted by molar-refractivity contribution is -0.177. The first-order chi connectivity index (χ1) is 5.88. The highest BCUT2D eigenvalue weighted by Gasteiger charge is 2.37. The molecule has 0 radical (unpaired) electrons. The molecule has 1 atom stereocenters. The third-order valence-corrected chi connectivity index (χ3v) is 2.11. The van der Waals surface area contributed by atoms with Gasteiger partial charge in [-0.25, -0.2) is 0 Å². The predicted molar refractivity (Wildman–Crippen MR) is 48.5 cm³/mol. The van der Waals surface area contributed by atoms with Crippen LogP contribution < -0.4 is 0 Å². The third kappa shape index (κ3) is 5.72. The van der Waals surface area contributed by atoms with Crippen LogP contribution in [0.3, 0.4) is 0 Å². The molecule has 0 N–H and O–H groups in total. The lowest BCUT2D eigenvalue weighted by atomic mass is 9.97. The first kappa shape index (κ1) is 12.5. The van der Waals surface area contributed by atoms with Crippen molar-refractivity contribution in [2.75, 3.05) is 0 Å². The van der Waals surface area contributed by atoms with Gasteiger partial charge in [-0.3, -0.25) is 0 Å². The summed E-state index contributed by atoms with van der Waals surface area (Å²) in [6, 6.07) is 0. The lowest BCUT2D eigenvalue weighted by Crippen LogP contribution is -2.21. The number of allylic oxidation sites excluding steroid dienone is 1. The molecule has 0 aliphatic carbocycles. The number of hydrogen-bond acceptors (Lipinski definition) is 0. The normalized spacial score (nSPS) is 14.2. The average molecular weight is 194 g/mol. The Morgan fingerprint density at radius 3 is 2.23 bits per heavy atom. The van der Waals surface area contributed by atoms with Gasteiger partial charge in [-0.05, 0) is 32.6 Å². The van der Waals surface area contributed by atoms with Crippen LogP contribution in [0.5, 0.6) is 0 Å². The molecule has 0 bridgehead atoms. The minimum Gasteiger partial charge on any atom is -0.171 e. The van der Waals surface area contributed by atoms with Crippen LogP contribution in [0, 0.1) is 5.92 Å². The Balaban J connectivity index is 3.80. The number of alkyl halides is 3. The summed E-state index contributed by atoms with van der Waals surface area (Å²) in [6.45, 7) is 7.08. The first-order valence-corrected chi connectivity index (χ1v) is 4.59. The maximum absolute atomic E-state index is 12.2. The van der Waals surface area contributed by atoms with Gasteiger partial charge in [0.2, 0.25) is 0 Å². The van der Waals surface area contributed by atoms with E-state index in [2.05, 4.69) is 6.58 Å². The quantitative estimate of drug-likeness (QED) is 0.572. The molecule has 13 heavy (non-hydrogen) atoms. The number of rotatable bonds is 5. The predicted octanol–water partition coefficient (Wildman–Crippen LogP) is 4.32. The van der Waals surface area contributed by atoms with E-state index in [1.165, 1.54) is 0 Å². The molecule has 0 rings (SSSR count). The molecule has 0 aliphatic rings. The zero-order chi connectivity index (χ0) is 10.5. The summed E-state index contributed by atoms with van der Waals surface area (Å²) in [5.74, 6) is -1.13. The summed E-state index contributed by atoms with van der Waals surface area (Å²) in [4.78, 5) is 0. The van der Waals surface area contributed by atoms with Crippen molar-refractivity contribution < 1.29 is 13.2 Å². The summed E-state index contributed by atoms with van der Waals surface area (Å²) in [7, 11) is 0. The molecular weight excluding hydrogens is 177 g/mol. The van der Waals surface area contributed by atoms with Crippen molar-refractivity contribution in [1.82, 2.24) is 0 Å². The van der Waals surface area contributed by atoms with Gasteiger partial charge in [0.05, 0.1) is 5.92 Å². The largest absolute Gasteiger partial charge is 0.391 e. The van der Waals surface area contributed by atoms with Gasteiger partial charge in [0, 0.05) is 0 Å². The molecule has 0 saturated heterocycles. The van der Waals surface area contributed by atoms with Crippen molar-refractivity contribution in [2.24, 2.45) is 5.92 Å². The zero-order valence-electron chi connectivity index (χ0n) is 8.25. The second kappa shape index (κ2) is 5.30. The Bertz CT molecular complexity index is 158. The van der Waals surface area contributed by atoms with Crippen LogP contribution in [0.4, 0.5) is 13.2 Å². The van der Waals surface area contributed by atoms with Crippen LogP contribution in [-0.2, 0) is 0 Å². The first-order valence-electron chi connectivity index (χ1n) is 4.59. The number of halogens is 3. The number of hydrogen-bond donors (Lipinski definition) is 0. The SMILES string of the molecule is C=C(C)CCCC(CC)C(F)(F)F. The monoisotopic (exact) mass is 194 g/mol. The van der Waals surface area contributed by atoms with E-state index < -0.39 is 12.1 Å². The fourth-order valence-electron chi connectivity index (χ4n) is 1.25. The van der Waals surface area contributed by atoms with E-state index >= 15 is 0 Å². The Labute approximate surface area is 77.8 Å². The molecule has 0 aliphatic heterocycles. The Morgan fingerprint density at radius 1 is 1.38 bits per heavy atom. The smallest absolute Gasteiger partial charge is 0.171 e. The van der Waals surface area contributed by atoms with Crippen molar-refractivity contribution in [3.05, 3.63) is 12.2 Å². The van der Waals surface area contributed by atoms with E-state index in [-0.39, 0.29) is 12.8 Å². The van der Waals surface area contributed by atoms with Crippen molar-refractivity contribution in [3.63, 3.8) is 0 Å². The highest BCUT2D eigenvalue weighted by molar-refractivity contribution is 4.87. The molecule has 3 heteroatoms. The van der Waals surface area contributed by atoms with Gasteiger partial charge in [0.1, 0.15) is 0 Å². The lowest BCUT2D eigenvalue weighted by Gasteiger charge is -2.18. The van der Waals surface area contributed by atoms with Crippen molar-refractivity contribution >= 4 is 0 Å². The van der Waals surface area contributed by atoms with E-state index in [1.54, 1.807) is 6.92 Å². The minimum absolute atomic E-state index is 0.180. The Kier molecular flexibility index (Phi) is 5.11. The summed E-state index contributed by atoms with van der Waals surface area (Å²) < 4.78 is 36.7. The van der Waals surface area contributed by atoms with Gasteiger partial charge in [-0.1, -0.05) is 12.5 Å². The second-order valence-electron chi connectivity index (χ2n) is 3.50. The van der Waals surface area contributed by atoms with Gasteiger partial charge in [-0.2, -0.15) is 13.2 Å². The van der Waals surface area contributed by atoms with Gasteiger partial charge in [0.15, 0.2) is 0 Å². The molecular formula is C10H17F3. The average Bonchev–Trinajstić information content (AvgIpc) is 1.95.